The summed E-state index contributed by atoms with van der Waals surface area (Å²) < 4.78 is 0. The molecule has 0 aromatic rings. The Morgan fingerprint density at radius 1 is 1.16 bits per heavy atom. The predicted molar refractivity (Wildman–Crippen MR) is 77.5 cm³/mol. The van der Waals surface area contributed by atoms with Crippen LogP contribution in [0.25, 0.3) is 0 Å². The number of nitrogens with one attached hydrogen (secondary N) is 2. The van der Waals surface area contributed by atoms with E-state index < -0.39 is 0 Å². The fourth-order valence-corrected chi connectivity index (χ4v) is 1.71. The summed E-state index contributed by atoms with van der Waals surface area (Å²) in [5, 5.41) is 5.41. The lowest BCUT2D eigenvalue weighted by Gasteiger charge is -2.24. The lowest BCUT2D eigenvalue weighted by molar-refractivity contribution is -0.129. The van der Waals surface area contributed by atoms with E-state index in [2.05, 4.69) is 31.4 Å². The lowest BCUT2D eigenvalue weighted by atomic mass is 9.84. The highest BCUT2D eigenvalue weighted by atomic mass is 16.2. The monoisotopic (exact) mass is 271 g/mol. The standard InChI is InChI=1S/C14H29N3O2/c1-10(2)8-16-12(18)9-17-13(19)11(7-15)6-14(3,4)5/h10-11H,6-9,15H2,1-5H3,(H,16,18)(H,17,19). The first kappa shape index (κ1) is 17.9. The summed E-state index contributed by atoms with van der Waals surface area (Å²) in [6.07, 6.45) is 0.711. The molecule has 1 atom stereocenters. The third kappa shape index (κ3) is 9.47. The molecule has 1 unspecified atom stereocenters. The molecule has 0 radical (unpaired) electrons. The van der Waals surface area contributed by atoms with Crippen LogP contribution in [-0.4, -0.2) is 31.4 Å². The molecule has 5 heteroatoms. The topological polar surface area (TPSA) is 84.2 Å². The van der Waals surface area contributed by atoms with Crippen LogP contribution in [0.4, 0.5) is 0 Å². The average Bonchev–Trinajstić information content (AvgIpc) is 2.29. The maximum atomic E-state index is 11.9. The van der Waals surface area contributed by atoms with Crippen LogP contribution in [0, 0.1) is 17.3 Å². The van der Waals surface area contributed by atoms with Crippen molar-refractivity contribution in [2.24, 2.45) is 23.0 Å². The van der Waals surface area contributed by atoms with E-state index in [0.29, 0.717) is 25.4 Å². The molecule has 0 heterocycles. The number of nitrogens with two attached hydrogens (primary N) is 1. The Kier molecular flexibility index (Phi) is 7.68. The van der Waals surface area contributed by atoms with E-state index in [4.69, 9.17) is 5.73 Å². The Morgan fingerprint density at radius 2 is 1.74 bits per heavy atom. The minimum Gasteiger partial charge on any atom is -0.354 e. The van der Waals surface area contributed by atoms with Gasteiger partial charge in [-0.05, 0) is 17.8 Å². The van der Waals surface area contributed by atoms with Crippen LogP contribution in [0.5, 0.6) is 0 Å². The molecule has 0 saturated carbocycles. The van der Waals surface area contributed by atoms with Crippen molar-refractivity contribution in [2.45, 2.75) is 41.0 Å². The van der Waals surface area contributed by atoms with E-state index >= 15 is 0 Å². The maximum absolute atomic E-state index is 11.9. The van der Waals surface area contributed by atoms with E-state index in [0.717, 1.165) is 0 Å². The molecule has 0 spiro atoms. The van der Waals surface area contributed by atoms with Crippen LogP contribution in [0.1, 0.15) is 41.0 Å². The van der Waals surface area contributed by atoms with Crippen LogP contribution < -0.4 is 16.4 Å². The van der Waals surface area contributed by atoms with Crippen LogP contribution in [0.3, 0.4) is 0 Å². The summed E-state index contributed by atoms with van der Waals surface area (Å²) in [6, 6.07) is 0. The summed E-state index contributed by atoms with van der Waals surface area (Å²) in [4.78, 5) is 23.4. The van der Waals surface area contributed by atoms with Crippen molar-refractivity contribution < 1.29 is 9.59 Å². The van der Waals surface area contributed by atoms with Crippen molar-refractivity contribution in [1.82, 2.24) is 10.6 Å². The third-order valence-corrected chi connectivity index (χ3v) is 2.64. The second-order valence-corrected chi connectivity index (χ2v) is 6.61. The van der Waals surface area contributed by atoms with Crippen molar-refractivity contribution in [3.05, 3.63) is 0 Å². The van der Waals surface area contributed by atoms with Gasteiger partial charge < -0.3 is 16.4 Å². The molecule has 0 aliphatic rings. The second-order valence-electron chi connectivity index (χ2n) is 6.61. The third-order valence-electron chi connectivity index (χ3n) is 2.64. The van der Waals surface area contributed by atoms with Gasteiger partial charge in [0, 0.05) is 13.1 Å². The highest BCUT2D eigenvalue weighted by Gasteiger charge is 2.23. The number of hydrogen-bond acceptors (Lipinski definition) is 3. The summed E-state index contributed by atoms with van der Waals surface area (Å²) in [6.45, 7) is 11.2. The average molecular weight is 271 g/mol. The lowest BCUT2D eigenvalue weighted by Crippen LogP contribution is -2.43. The molecule has 0 aliphatic heterocycles. The van der Waals surface area contributed by atoms with Gasteiger partial charge in [-0.2, -0.15) is 0 Å². The minimum absolute atomic E-state index is 0.0200. The number of hydrogen-bond donors (Lipinski definition) is 3. The van der Waals surface area contributed by atoms with Gasteiger partial charge in [0.1, 0.15) is 0 Å². The van der Waals surface area contributed by atoms with Crippen LogP contribution >= 0.6 is 0 Å². The zero-order chi connectivity index (χ0) is 15.1. The Hall–Kier alpha value is -1.10. The summed E-state index contributed by atoms with van der Waals surface area (Å²) in [5.41, 5.74) is 5.67. The van der Waals surface area contributed by atoms with E-state index in [1.165, 1.54) is 0 Å². The van der Waals surface area contributed by atoms with E-state index in [9.17, 15) is 9.59 Å². The molecule has 0 aromatic carbocycles. The van der Waals surface area contributed by atoms with Crippen molar-refractivity contribution in [3.8, 4) is 0 Å². The van der Waals surface area contributed by atoms with Gasteiger partial charge in [-0.15, -0.1) is 0 Å². The van der Waals surface area contributed by atoms with Gasteiger partial charge in [0.25, 0.3) is 0 Å². The molecule has 2 amide bonds. The van der Waals surface area contributed by atoms with Gasteiger partial charge in [0.15, 0.2) is 0 Å². The molecule has 112 valence electrons. The molecule has 0 aromatic heterocycles. The second kappa shape index (κ2) is 8.15. The number of rotatable bonds is 7. The number of carbonyl (C=O) groups excluding carboxylic acids is 2. The summed E-state index contributed by atoms with van der Waals surface area (Å²) in [7, 11) is 0. The quantitative estimate of drug-likeness (QED) is 0.643. The Morgan fingerprint density at radius 3 is 2.16 bits per heavy atom. The van der Waals surface area contributed by atoms with Gasteiger partial charge in [-0.1, -0.05) is 34.6 Å². The Balaban J connectivity index is 4.10. The highest BCUT2D eigenvalue weighted by molar-refractivity contribution is 5.85. The summed E-state index contributed by atoms with van der Waals surface area (Å²) in [5.74, 6) is -0.138. The number of carbonyl (C=O) groups is 2. The molecule has 0 bridgehead atoms. The molecule has 0 saturated heterocycles. The van der Waals surface area contributed by atoms with E-state index in [1.807, 2.05) is 13.8 Å². The molecule has 0 aliphatic carbocycles. The van der Waals surface area contributed by atoms with Crippen LogP contribution in [-0.2, 0) is 9.59 Å². The van der Waals surface area contributed by atoms with Gasteiger partial charge in [0.2, 0.25) is 11.8 Å². The molecule has 5 nitrogen and oxygen atoms in total. The minimum atomic E-state index is -0.238. The largest absolute Gasteiger partial charge is 0.354 e. The van der Waals surface area contributed by atoms with Crippen molar-refractivity contribution in [3.63, 3.8) is 0 Å². The summed E-state index contributed by atoms with van der Waals surface area (Å²) >= 11 is 0. The molecule has 0 rings (SSSR count). The van der Waals surface area contributed by atoms with Gasteiger partial charge in [-0.3, -0.25) is 9.59 Å². The Bertz CT molecular complexity index is 296. The van der Waals surface area contributed by atoms with Crippen LogP contribution in [0.2, 0.25) is 0 Å². The zero-order valence-electron chi connectivity index (χ0n) is 12.9. The molecule has 0 fully saturated rings. The SMILES string of the molecule is CC(C)CNC(=O)CNC(=O)C(CN)CC(C)(C)C. The van der Waals surface area contributed by atoms with E-state index in [1.54, 1.807) is 0 Å². The maximum Gasteiger partial charge on any atom is 0.239 e. The zero-order valence-corrected chi connectivity index (χ0v) is 12.9. The molecular weight excluding hydrogens is 242 g/mol. The Labute approximate surface area is 116 Å². The predicted octanol–water partition coefficient (Wildman–Crippen LogP) is 0.886. The fourth-order valence-electron chi connectivity index (χ4n) is 1.71. The first-order chi connectivity index (χ1) is 8.65. The fraction of sp³-hybridized carbons (Fsp3) is 0.857. The first-order valence-corrected chi connectivity index (χ1v) is 6.90. The molecular formula is C14H29N3O2. The highest BCUT2D eigenvalue weighted by Crippen LogP contribution is 2.23. The van der Waals surface area contributed by atoms with Crippen LogP contribution in [0.15, 0.2) is 0 Å². The van der Waals surface area contributed by atoms with Crippen molar-refractivity contribution in [2.75, 3.05) is 19.6 Å². The van der Waals surface area contributed by atoms with Gasteiger partial charge >= 0.3 is 0 Å². The van der Waals surface area contributed by atoms with Crippen molar-refractivity contribution >= 4 is 11.8 Å². The molecule has 4 N–H and O–H groups in total. The molecule has 19 heavy (non-hydrogen) atoms. The van der Waals surface area contributed by atoms with Crippen molar-refractivity contribution in [1.29, 1.82) is 0 Å². The van der Waals surface area contributed by atoms with Gasteiger partial charge in [0.05, 0.1) is 12.5 Å². The van der Waals surface area contributed by atoms with Gasteiger partial charge in [-0.25, -0.2) is 0 Å². The van der Waals surface area contributed by atoms with E-state index in [-0.39, 0.29) is 29.7 Å². The first-order valence-electron chi connectivity index (χ1n) is 6.90. The normalized spacial score (nSPS) is 13.2. The number of amides is 2. The smallest absolute Gasteiger partial charge is 0.239 e.